The van der Waals surface area contributed by atoms with Crippen LogP contribution in [0, 0.1) is 6.92 Å². The van der Waals surface area contributed by atoms with Crippen LogP contribution < -0.4 is 5.73 Å². The van der Waals surface area contributed by atoms with Crippen LogP contribution in [-0.4, -0.2) is 21.3 Å². The first-order chi connectivity index (χ1) is 8.06. The number of aryl methyl sites for hydroxylation is 1. The number of benzene rings is 1. The lowest BCUT2D eigenvalue weighted by Crippen LogP contribution is -1.99. The number of carbonyl (C=O) groups is 1. The van der Waals surface area contributed by atoms with E-state index < -0.39 is 5.97 Å². The first-order valence-electron chi connectivity index (χ1n) is 4.67. The van der Waals surface area contributed by atoms with Crippen molar-refractivity contribution in [3.8, 4) is 0 Å². The molecule has 0 amide bonds. The number of nitrogens with two attached hydrogens (primary N) is 1. The normalized spacial score (nSPS) is 10.4. The topological polar surface area (TPSA) is 89.1 Å². The number of aromatic carboxylic acids is 1. The summed E-state index contributed by atoms with van der Waals surface area (Å²) in [7, 11) is 0. The Morgan fingerprint density at radius 1 is 1.47 bits per heavy atom. The molecule has 0 saturated heterocycles. The minimum atomic E-state index is -0.978. The molecule has 2 rings (SSSR count). The Labute approximate surface area is 106 Å². The van der Waals surface area contributed by atoms with E-state index in [1.54, 1.807) is 12.1 Å². The highest BCUT2D eigenvalue weighted by Crippen LogP contribution is 2.33. The van der Waals surface area contributed by atoms with Crippen molar-refractivity contribution in [2.45, 2.75) is 16.2 Å². The lowest BCUT2D eigenvalue weighted by molar-refractivity contribution is 0.0693. The summed E-state index contributed by atoms with van der Waals surface area (Å²) in [4.78, 5) is 11.6. The van der Waals surface area contributed by atoms with Crippen LogP contribution in [0.15, 0.2) is 27.4 Å². The Balaban J connectivity index is 2.37. The van der Waals surface area contributed by atoms with E-state index in [1.165, 1.54) is 29.2 Å². The van der Waals surface area contributed by atoms with E-state index in [2.05, 4.69) is 10.2 Å². The Bertz CT molecular complexity index is 568. The van der Waals surface area contributed by atoms with Crippen molar-refractivity contribution in [3.63, 3.8) is 0 Å². The quantitative estimate of drug-likeness (QED) is 0.829. The summed E-state index contributed by atoms with van der Waals surface area (Å²) in [6.45, 7) is 1.85. The number of anilines is 1. The molecule has 0 atom stereocenters. The number of hydrogen-bond donors (Lipinski definition) is 2. The second-order valence-corrected chi connectivity index (χ2v) is 5.72. The lowest BCUT2D eigenvalue weighted by atomic mass is 10.2. The molecule has 3 N–H and O–H groups in total. The lowest BCUT2D eigenvalue weighted by Gasteiger charge is -2.04. The van der Waals surface area contributed by atoms with E-state index in [-0.39, 0.29) is 5.56 Å². The zero-order valence-corrected chi connectivity index (χ0v) is 10.5. The zero-order valence-electron chi connectivity index (χ0n) is 8.88. The Hall–Kier alpha value is -1.60. The smallest absolute Gasteiger partial charge is 0.336 e. The van der Waals surface area contributed by atoms with Crippen molar-refractivity contribution in [2.75, 3.05) is 5.73 Å². The molecule has 2 aromatic rings. The van der Waals surface area contributed by atoms with Gasteiger partial charge in [0.05, 0.1) is 5.56 Å². The molecule has 0 fully saturated rings. The van der Waals surface area contributed by atoms with E-state index in [1.807, 2.05) is 6.92 Å². The molecular weight excluding hydrogens is 258 g/mol. The van der Waals surface area contributed by atoms with Gasteiger partial charge < -0.3 is 10.8 Å². The second-order valence-electron chi connectivity index (χ2n) is 3.25. The Kier molecular flexibility index (Phi) is 3.30. The molecule has 0 bridgehead atoms. The first kappa shape index (κ1) is 11.9. The maximum absolute atomic E-state index is 11.0. The van der Waals surface area contributed by atoms with Crippen molar-refractivity contribution in [3.05, 3.63) is 28.8 Å². The van der Waals surface area contributed by atoms with E-state index in [0.717, 1.165) is 5.01 Å². The molecule has 0 spiro atoms. The predicted molar refractivity (Wildman–Crippen MR) is 66.6 cm³/mol. The van der Waals surface area contributed by atoms with Crippen molar-refractivity contribution >= 4 is 34.8 Å². The number of rotatable bonds is 3. The third-order valence-corrected chi connectivity index (χ3v) is 3.89. The molecule has 7 heteroatoms. The van der Waals surface area contributed by atoms with Crippen molar-refractivity contribution in [1.29, 1.82) is 0 Å². The second kappa shape index (κ2) is 4.72. The minimum absolute atomic E-state index is 0.219. The summed E-state index contributed by atoms with van der Waals surface area (Å²) in [5, 5.41) is 17.7. The maximum Gasteiger partial charge on any atom is 0.336 e. The standard InChI is InChI=1S/C10H9N3O2S2/c1-5-12-13-10(16-5)17-8-4-6(11)2-3-7(8)9(14)15/h2-4H,11H2,1H3,(H,14,15). The summed E-state index contributed by atoms with van der Waals surface area (Å²) in [5.74, 6) is -0.978. The molecule has 5 nitrogen and oxygen atoms in total. The molecule has 0 unspecified atom stereocenters. The number of nitrogen functional groups attached to an aromatic ring is 1. The third-order valence-electron chi connectivity index (χ3n) is 1.94. The summed E-state index contributed by atoms with van der Waals surface area (Å²) in [6, 6.07) is 4.69. The predicted octanol–water partition coefficient (Wildman–Crippen LogP) is 2.28. The summed E-state index contributed by atoms with van der Waals surface area (Å²) >= 11 is 2.68. The number of carboxylic acid groups (broad SMARTS) is 1. The fourth-order valence-electron chi connectivity index (χ4n) is 1.21. The number of aromatic nitrogens is 2. The van der Waals surface area contributed by atoms with E-state index in [9.17, 15) is 4.79 Å². The highest BCUT2D eigenvalue weighted by Gasteiger charge is 2.13. The fraction of sp³-hybridized carbons (Fsp3) is 0.100. The average molecular weight is 267 g/mol. The SMILES string of the molecule is Cc1nnc(Sc2cc(N)ccc2C(=O)O)s1. The zero-order chi connectivity index (χ0) is 12.4. The van der Waals surface area contributed by atoms with Gasteiger partial charge in [-0.3, -0.25) is 0 Å². The van der Waals surface area contributed by atoms with Crippen LogP contribution in [0.4, 0.5) is 5.69 Å². The molecule has 0 aliphatic rings. The van der Waals surface area contributed by atoms with Crippen LogP contribution in [0.3, 0.4) is 0 Å². The number of hydrogen-bond acceptors (Lipinski definition) is 6. The fourth-order valence-corrected chi connectivity index (χ4v) is 3.16. The highest BCUT2D eigenvalue weighted by molar-refractivity contribution is 8.01. The van der Waals surface area contributed by atoms with Crippen molar-refractivity contribution < 1.29 is 9.90 Å². The molecule has 0 radical (unpaired) electrons. The van der Waals surface area contributed by atoms with Gasteiger partial charge in [0.15, 0.2) is 4.34 Å². The first-order valence-corrected chi connectivity index (χ1v) is 6.30. The van der Waals surface area contributed by atoms with E-state index in [0.29, 0.717) is 14.9 Å². The van der Waals surface area contributed by atoms with Gasteiger partial charge in [-0.2, -0.15) is 0 Å². The molecule has 88 valence electrons. The highest BCUT2D eigenvalue weighted by atomic mass is 32.2. The molecule has 17 heavy (non-hydrogen) atoms. The van der Waals surface area contributed by atoms with Crippen LogP contribution in [0.1, 0.15) is 15.4 Å². The molecule has 0 aliphatic carbocycles. The molecule has 1 aromatic carbocycles. The average Bonchev–Trinajstić information content (AvgIpc) is 2.63. The number of carboxylic acids is 1. The van der Waals surface area contributed by atoms with Crippen LogP contribution in [-0.2, 0) is 0 Å². The minimum Gasteiger partial charge on any atom is -0.478 e. The molecule has 1 aromatic heterocycles. The van der Waals surface area contributed by atoms with Crippen molar-refractivity contribution in [2.24, 2.45) is 0 Å². The van der Waals surface area contributed by atoms with Gasteiger partial charge in [-0.25, -0.2) is 4.79 Å². The van der Waals surface area contributed by atoms with Crippen LogP contribution in [0.5, 0.6) is 0 Å². The van der Waals surface area contributed by atoms with Gasteiger partial charge in [-0.15, -0.1) is 10.2 Å². The Morgan fingerprint density at radius 2 is 2.24 bits per heavy atom. The monoisotopic (exact) mass is 267 g/mol. The maximum atomic E-state index is 11.0. The van der Waals surface area contributed by atoms with Crippen LogP contribution in [0.2, 0.25) is 0 Å². The third kappa shape index (κ3) is 2.75. The van der Waals surface area contributed by atoms with E-state index >= 15 is 0 Å². The van der Waals surface area contributed by atoms with Gasteiger partial charge in [0.25, 0.3) is 0 Å². The molecular formula is C10H9N3O2S2. The number of nitrogens with zero attached hydrogens (tertiary/aromatic N) is 2. The largest absolute Gasteiger partial charge is 0.478 e. The molecule has 0 aliphatic heterocycles. The summed E-state index contributed by atoms with van der Waals surface area (Å²) < 4.78 is 0.704. The van der Waals surface area contributed by atoms with Gasteiger partial charge in [0.1, 0.15) is 5.01 Å². The van der Waals surface area contributed by atoms with Crippen LogP contribution in [0.25, 0.3) is 0 Å². The van der Waals surface area contributed by atoms with Gasteiger partial charge in [-0.05, 0) is 25.1 Å². The molecule has 1 heterocycles. The van der Waals surface area contributed by atoms with Gasteiger partial charge >= 0.3 is 5.97 Å². The van der Waals surface area contributed by atoms with Crippen molar-refractivity contribution in [1.82, 2.24) is 10.2 Å². The molecule has 0 saturated carbocycles. The summed E-state index contributed by atoms with van der Waals surface area (Å²) in [5.41, 5.74) is 6.39. The van der Waals surface area contributed by atoms with Crippen LogP contribution >= 0.6 is 23.1 Å². The van der Waals surface area contributed by atoms with Gasteiger partial charge in [-0.1, -0.05) is 23.1 Å². The van der Waals surface area contributed by atoms with Gasteiger partial charge in [0.2, 0.25) is 0 Å². The Morgan fingerprint density at radius 3 is 2.82 bits per heavy atom. The summed E-state index contributed by atoms with van der Waals surface area (Å²) in [6.07, 6.45) is 0. The van der Waals surface area contributed by atoms with Gasteiger partial charge in [0, 0.05) is 10.6 Å². The van der Waals surface area contributed by atoms with E-state index in [4.69, 9.17) is 10.8 Å².